The van der Waals surface area contributed by atoms with Gasteiger partial charge in [0.05, 0.1) is 17.1 Å². The molecule has 2 heterocycles. The van der Waals surface area contributed by atoms with Crippen LogP contribution in [0.2, 0.25) is 0 Å². The number of hydrogen-bond acceptors (Lipinski definition) is 10. The number of esters is 1. The Morgan fingerprint density at radius 3 is 2.41 bits per heavy atom. The van der Waals surface area contributed by atoms with Crippen LogP contribution < -0.4 is 21.7 Å². The summed E-state index contributed by atoms with van der Waals surface area (Å²) in [4.78, 5) is 73.1. The van der Waals surface area contributed by atoms with E-state index in [9.17, 15) is 33.5 Å². The van der Waals surface area contributed by atoms with Gasteiger partial charge in [0.1, 0.15) is 22.6 Å². The smallest absolute Gasteiger partial charge is 0.309 e. The van der Waals surface area contributed by atoms with Crippen LogP contribution in [-0.2, 0) is 30.3 Å². The van der Waals surface area contributed by atoms with E-state index in [1.54, 1.807) is 25.3 Å². The van der Waals surface area contributed by atoms with Crippen molar-refractivity contribution in [2.45, 2.75) is 156 Å². The molecule has 15 heteroatoms. The van der Waals surface area contributed by atoms with Gasteiger partial charge in [0.2, 0.25) is 11.8 Å². The minimum atomic E-state index is -1.22. The van der Waals surface area contributed by atoms with Gasteiger partial charge in [0.25, 0.3) is 5.91 Å². The van der Waals surface area contributed by atoms with Crippen LogP contribution in [0.15, 0.2) is 23.6 Å². The molecular formula is C43H67FN6O7S. The van der Waals surface area contributed by atoms with Crippen molar-refractivity contribution in [3.63, 3.8) is 0 Å². The molecule has 3 amide bonds. The standard InChI is InChI=1S/C43H67FN6O7S/c1-9-11-12-15-20-50(41(54)37(27(5)10-2)49-38(52)33-16-13-14-19-46-33)35(26(3)4)23-36(57-28(6)51)40-48-34(25-58-40)39(53)47-30(24-43(7,8)42(55)56)21-29-17-18-32(45)31(44)22-29/h17-18,22,25-27,30,33,35-37,46H,9-16,19-21,23-24,45H2,1-8H3,(H,47,53)(H,49,52)(H,55,56)/t27-,30-,33+,35+,36+,37-/m0/s1. The largest absolute Gasteiger partial charge is 0.481 e. The number of halogens is 1. The third-order valence-corrected chi connectivity index (χ3v) is 12.1. The van der Waals surface area contributed by atoms with Crippen molar-refractivity contribution in [1.82, 2.24) is 25.8 Å². The number of amides is 3. The van der Waals surface area contributed by atoms with Gasteiger partial charge in [-0.2, -0.15) is 0 Å². The van der Waals surface area contributed by atoms with Crippen molar-refractivity contribution in [3.05, 3.63) is 45.7 Å². The lowest BCUT2D eigenvalue weighted by Crippen LogP contribution is -2.58. The Kier molecular flexibility index (Phi) is 19.0. The summed E-state index contributed by atoms with van der Waals surface area (Å²) < 4.78 is 20.2. The average Bonchev–Trinajstić information content (AvgIpc) is 3.67. The fourth-order valence-corrected chi connectivity index (χ4v) is 8.22. The van der Waals surface area contributed by atoms with E-state index >= 15 is 0 Å². The van der Waals surface area contributed by atoms with Crippen molar-refractivity contribution < 1.29 is 38.2 Å². The third kappa shape index (κ3) is 14.3. The third-order valence-electron chi connectivity index (χ3n) is 11.1. The molecule has 58 heavy (non-hydrogen) atoms. The Morgan fingerprint density at radius 2 is 1.83 bits per heavy atom. The first kappa shape index (κ1) is 48.3. The molecule has 0 bridgehead atoms. The minimum Gasteiger partial charge on any atom is -0.481 e. The van der Waals surface area contributed by atoms with Gasteiger partial charge in [-0.05, 0) is 82.0 Å². The van der Waals surface area contributed by atoms with E-state index in [-0.39, 0.29) is 60.3 Å². The first-order valence-electron chi connectivity index (χ1n) is 20.9. The van der Waals surface area contributed by atoms with Crippen LogP contribution >= 0.6 is 11.3 Å². The van der Waals surface area contributed by atoms with Crippen LogP contribution in [-0.4, -0.2) is 81.9 Å². The summed E-state index contributed by atoms with van der Waals surface area (Å²) in [6.07, 6.45) is 6.54. The highest BCUT2D eigenvalue weighted by Crippen LogP contribution is 2.32. The zero-order valence-electron chi connectivity index (χ0n) is 35.7. The van der Waals surface area contributed by atoms with Gasteiger partial charge < -0.3 is 36.4 Å². The molecule has 0 spiro atoms. The molecule has 1 saturated heterocycles. The predicted octanol–water partition coefficient (Wildman–Crippen LogP) is 6.81. The number of aliphatic carboxylic acids is 1. The molecular weight excluding hydrogens is 764 g/mol. The summed E-state index contributed by atoms with van der Waals surface area (Å²) in [6, 6.07) is 2.10. The summed E-state index contributed by atoms with van der Waals surface area (Å²) in [6.45, 7) is 15.7. The molecule has 324 valence electrons. The highest BCUT2D eigenvalue weighted by Gasteiger charge is 2.38. The van der Waals surface area contributed by atoms with Gasteiger partial charge in [-0.1, -0.05) is 72.8 Å². The van der Waals surface area contributed by atoms with E-state index < -0.39 is 53.3 Å². The Balaban J connectivity index is 1.94. The number of nitrogens with one attached hydrogen (secondary N) is 3. The number of ether oxygens (including phenoxy) is 1. The van der Waals surface area contributed by atoms with Gasteiger partial charge in [-0.15, -0.1) is 11.3 Å². The number of carboxylic acids is 1. The Labute approximate surface area is 347 Å². The first-order chi connectivity index (χ1) is 27.4. The number of benzene rings is 1. The summed E-state index contributed by atoms with van der Waals surface area (Å²) in [5.41, 5.74) is 5.00. The fourth-order valence-electron chi connectivity index (χ4n) is 7.38. The fraction of sp³-hybridized carbons (Fsp3) is 0.674. The highest BCUT2D eigenvalue weighted by atomic mass is 32.1. The SMILES string of the molecule is CCCCCCN(C(=O)[C@@H](NC(=O)[C@H]1CCCCN1)[C@@H](C)CC)[C@H](C[C@@H](OC(C)=O)c1nc(C(=O)N[C@@H](Cc2ccc(N)c(F)c2)CC(C)(C)C(=O)O)cs1)C(C)C. The monoisotopic (exact) mass is 830 g/mol. The number of carbonyl (C=O) groups is 5. The number of thiazole rings is 1. The quantitative estimate of drug-likeness (QED) is 0.0452. The molecule has 0 aliphatic carbocycles. The van der Waals surface area contributed by atoms with Crippen LogP contribution in [0.5, 0.6) is 0 Å². The molecule has 0 unspecified atom stereocenters. The topological polar surface area (TPSA) is 193 Å². The second-order valence-corrected chi connectivity index (χ2v) is 17.7. The normalized spacial score (nSPS) is 17.1. The number of carboxylic acid groups (broad SMARTS) is 1. The van der Waals surface area contributed by atoms with Gasteiger partial charge in [-0.25, -0.2) is 9.37 Å². The number of nitrogens with two attached hydrogens (primary N) is 1. The van der Waals surface area contributed by atoms with Gasteiger partial charge in [-0.3, -0.25) is 24.0 Å². The number of nitrogen functional groups attached to an aromatic ring is 1. The lowest BCUT2D eigenvalue weighted by molar-refractivity contribution is -0.150. The van der Waals surface area contributed by atoms with Gasteiger partial charge in [0.15, 0.2) is 6.10 Å². The van der Waals surface area contributed by atoms with Crippen molar-refractivity contribution in [3.8, 4) is 0 Å². The number of unbranched alkanes of at least 4 members (excludes halogenated alkanes) is 3. The predicted molar refractivity (Wildman–Crippen MR) is 225 cm³/mol. The molecule has 1 aromatic heterocycles. The maximum absolute atomic E-state index is 14.8. The Hall–Kier alpha value is -4.11. The number of anilines is 1. The van der Waals surface area contributed by atoms with Gasteiger partial charge in [0, 0.05) is 37.4 Å². The molecule has 1 aliphatic heterocycles. The Morgan fingerprint density at radius 1 is 1.10 bits per heavy atom. The number of piperidine rings is 1. The van der Waals surface area contributed by atoms with Crippen LogP contribution in [0, 0.1) is 23.1 Å². The zero-order valence-corrected chi connectivity index (χ0v) is 36.5. The summed E-state index contributed by atoms with van der Waals surface area (Å²) in [5, 5.41) is 21.1. The zero-order chi connectivity index (χ0) is 43.2. The molecule has 0 radical (unpaired) electrons. The van der Waals surface area contributed by atoms with E-state index in [0.717, 1.165) is 56.4 Å². The van der Waals surface area contributed by atoms with E-state index in [2.05, 4.69) is 27.9 Å². The van der Waals surface area contributed by atoms with Crippen molar-refractivity contribution in [2.75, 3.05) is 18.8 Å². The summed E-state index contributed by atoms with van der Waals surface area (Å²) in [5.74, 6) is -3.35. The maximum atomic E-state index is 14.8. The molecule has 2 aromatic rings. The van der Waals surface area contributed by atoms with Crippen LogP contribution in [0.1, 0.15) is 147 Å². The lowest BCUT2D eigenvalue weighted by atomic mass is 9.84. The number of nitrogens with zero attached hydrogens (tertiary/aromatic N) is 2. The number of rotatable bonds is 23. The minimum absolute atomic E-state index is 0.0227. The maximum Gasteiger partial charge on any atom is 0.309 e. The number of hydrogen-bond donors (Lipinski definition) is 5. The molecule has 13 nitrogen and oxygen atoms in total. The summed E-state index contributed by atoms with van der Waals surface area (Å²) >= 11 is 1.14. The molecule has 1 fully saturated rings. The van der Waals surface area contributed by atoms with Crippen LogP contribution in [0.3, 0.4) is 0 Å². The molecule has 0 saturated carbocycles. The van der Waals surface area contributed by atoms with E-state index in [0.29, 0.717) is 30.0 Å². The van der Waals surface area contributed by atoms with Crippen LogP contribution in [0.4, 0.5) is 10.1 Å². The lowest BCUT2D eigenvalue weighted by Gasteiger charge is -2.40. The average molecular weight is 831 g/mol. The van der Waals surface area contributed by atoms with Gasteiger partial charge >= 0.3 is 11.9 Å². The second kappa shape index (κ2) is 22.9. The van der Waals surface area contributed by atoms with E-state index in [4.69, 9.17) is 10.5 Å². The molecule has 6 atom stereocenters. The highest BCUT2D eigenvalue weighted by molar-refractivity contribution is 7.09. The van der Waals surface area contributed by atoms with E-state index in [1.165, 1.54) is 19.1 Å². The summed E-state index contributed by atoms with van der Waals surface area (Å²) in [7, 11) is 0. The molecule has 6 N–H and O–H groups in total. The van der Waals surface area contributed by atoms with Crippen LogP contribution in [0.25, 0.3) is 0 Å². The molecule has 1 aliphatic rings. The molecule has 3 rings (SSSR count). The number of aromatic nitrogens is 1. The second-order valence-electron chi connectivity index (χ2n) is 16.8. The van der Waals surface area contributed by atoms with E-state index in [1.807, 2.05) is 32.6 Å². The van der Waals surface area contributed by atoms with Crippen molar-refractivity contribution in [1.29, 1.82) is 0 Å². The first-order valence-corrected chi connectivity index (χ1v) is 21.8. The molecule has 1 aromatic carbocycles. The van der Waals surface area contributed by atoms with Crippen molar-refractivity contribution in [2.24, 2.45) is 17.3 Å². The Bertz CT molecular complexity index is 1680. The van der Waals surface area contributed by atoms with Crippen molar-refractivity contribution >= 4 is 46.7 Å². The number of carbonyl (C=O) groups excluding carboxylic acids is 4.